The Morgan fingerprint density at radius 2 is 2.00 bits per heavy atom. The molecule has 1 aromatic heterocycles. The van der Waals surface area contributed by atoms with Crippen LogP contribution in [-0.2, 0) is 0 Å². The zero-order chi connectivity index (χ0) is 12.8. The standard InChI is InChI=1S/C13H21BrN4/c1-15-12-11(14)13(18-9-17-12)16-8-4-7-10-5-2-3-6-10/h9-10H,2-8H2,1H3,(H2,15,16,17,18). The van der Waals surface area contributed by atoms with E-state index in [4.69, 9.17) is 0 Å². The fraction of sp³-hybridized carbons (Fsp3) is 0.692. The predicted octanol–water partition coefficient (Wildman–Crippen LogP) is 3.66. The highest BCUT2D eigenvalue weighted by Crippen LogP contribution is 2.29. The van der Waals surface area contributed by atoms with Crippen molar-refractivity contribution in [1.82, 2.24) is 9.97 Å². The van der Waals surface area contributed by atoms with Gasteiger partial charge in [-0.3, -0.25) is 0 Å². The summed E-state index contributed by atoms with van der Waals surface area (Å²) in [5, 5.41) is 6.41. The minimum atomic E-state index is 0.822. The summed E-state index contributed by atoms with van der Waals surface area (Å²) in [5.41, 5.74) is 0. The smallest absolute Gasteiger partial charge is 0.145 e. The lowest BCUT2D eigenvalue weighted by molar-refractivity contribution is 0.491. The maximum absolute atomic E-state index is 4.25. The fourth-order valence-electron chi connectivity index (χ4n) is 2.56. The molecular formula is C13H21BrN4. The number of hydrogen-bond donors (Lipinski definition) is 2. The van der Waals surface area contributed by atoms with Gasteiger partial charge < -0.3 is 10.6 Å². The topological polar surface area (TPSA) is 49.8 Å². The first-order valence-electron chi connectivity index (χ1n) is 6.73. The molecule has 1 fully saturated rings. The molecule has 0 unspecified atom stereocenters. The van der Waals surface area contributed by atoms with Crippen LogP contribution in [0.2, 0.25) is 0 Å². The van der Waals surface area contributed by atoms with Crippen LogP contribution in [0.25, 0.3) is 0 Å². The molecule has 100 valence electrons. The van der Waals surface area contributed by atoms with E-state index in [1.807, 2.05) is 7.05 Å². The van der Waals surface area contributed by atoms with Gasteiger partial charge in [-0.1, -0.05) is 25.7 Å². The van der Waals surface area contributed by atoms with Crippen LogP contribution in [0.3, 0.4) is 0 Å². The SMILES string of the molecule is CNc1ncnc(NCCCC2CCCC2)c1Br. The minimum Gasteiger partial charge on any atom is -0.372 e. The Morgan fingerprint density at radius 1 is 1.28 bits per heavy atom. The summed E-state index contributed by atoms with van der Waals surface area (Å²) < 4.78 is 0.911. The van der Waals surface area contributed by atoms with Gasteiger partial charge in [0.15, 0.2) is 0 Å². The second kappa shape index (κ2) is 6.92. The molecule has 0 aliphatic heterocycles. The van der Waals surface area contributed by atoms with E-state index < -0.39 is 0 Å². The van der Waals surface area contributed by atoms with E-state index in [0.717, 1.165) is 28.6 Å². The number of halogens is 1. The Kier molecular flexibility index (Phi) is 5.23. The van der Waals surface area contributed by atoms with Gasteiger partial charge in [-0.15, -0.1) is 0 Å². The monoisotopic (exact) mass is 312 g/mol. The molecule has 0 aromatic carbocycles. The van der Waals surface area contributed by atoms with Gasteiger partial charge in [0.2, 0.25) is 0 Å². The first-order valence-corrected chi connectivity index (χ1v) is 7.52. The molecule has 0 spiro atoms. The average molecular weight is 313 g/mol. The minimum absolute atomic E-state index is 0.822. The van der Waals surface area contributed by atoms with Crippen LogP contribution in [0.5, 0.6) is 0 Å². The van der Waals surface area contributed by atoms with Crippen molar-refractivity contribution in [2.24, 2.45) is 5.92 Å². The zero-order valence-corrected chi connectivity index (χ0v) is 12.5. The molecule has 2 rings (SSSR count). The summed E-state index contributed by atoms with van der Waals surface area (Å²) in [4.78, 5) is 8.39. The highest BCUT2D eigenvalue weighted by molar-refractivity contribution is 9.10. The van der Waals surface area contributed by atoms with Gasteiger partial charge in [-0.2, -0.15) is 0 Å². The van der Waals surface area contributed by atoms with E-state index >= 15 is 0 Å². The highest BCUT2D eigenvalue weighted by Gasteiger charge is 2.14. The van der Waals surface area contributed by atoms with Crippen LogP contribution in [-0.4, -0.2) is 23.6 Å². The van der Waals surface area contributed by atoms with Crippen molar-refractivity contribution >= 4 is 27.6 Å². The van der Waals surface area contributed by atoms with Crippen LogP contribution < -0.4 is 10.6 Å². The Morgan fingerprint density at radius 3 is 2.72 bits per heavy atom. The van der Waals surface area contributed by atoms with Crippen molar-refractivity contribution < 1.29 is 0 Å². The van der Waals surface area contributed by atoms with Gasteiger partial charge in [-0.25, -0.2) is 9.97 Å². The first-order chi connectivity index (χ1) is 8.81. The first kappa shape index (κ1) is 13.6. The van der Waals surface area contributed by atoms with Gasteiger partial charge in [-0.05, 0) is 34.7 Å². The van der Waals surface area contributed by atoms with Gasteiger partial charge >= 0.3 is 0 Å². The summed E-state index contributed by atoms with van der Waals surface area (Å²) in [5.74, 6) is 2.66. The van der Waals surface area contributed by atoms with Crippen LogP contribution in [0.4, 0.5) is 11.6 Å². The summed E-state index contributed by atoms with van der Waals surface area (Å²) >= 11 is 3.51. The van der Waals surface area contributed by atoms with E-state index in [9.17, 15) is 0 Å². The van der Waals surface area contributed by atoms with Crippen molar-refractivity contribution in [3.8, 4) is 0 Å². The van der Waals surface area contributed by atoms with E-state index in [0.29, 0.717) is 0 Å². The molecule has 1 heterocycles. The van der Waals surface area contributed by atoms with E-state index in [1.165, 1.54) is 38.5 Å². The summed E-state index contributed by atoms with van der Waals surface area (Å²) in [7, 11) is 1.86. The van der Waals surface area contributed by atoms with Crippen LogP contribution in [0.1, 0.15) is 38.5 Å². The normalized spacial score (nSPS) is 15.9. The Hall–Kier alpha value is -0.840. The second-order valence-corrected chi connectivity index (χ2v) is 5.65. The molecular weight excluding hydrogens is 292 g/mol. The number of nitrogens with zero attached hydrogens (tertiary/aromatic N) is 2. The van der Waals surface area contributed by atoms with Crippen LogP contribution in [0.15, 0.2) is 10.8 Å². The van der Waals surface area contributed by atoms with Gasteiger partial charge in [0, 0.05) is 13.6 Å². The molecule has 4 nitrogen and oxygen atoms in total. The number of nitrogens with one attached hydrogen (secondary N) is 2. The molecule has 1 saturated carbocycles. The molecule has 0 radical (unpaired) electrons. The lowest BCUT2D eigenvalue weighted by atomic mass is 10.0. The predicted molar refractivity (Wildman–Crippen MR) is 79.0 cm³/mol. The molecule has 5 heteroatoms. The zero-order valence-electron chi connectivity index (χ0n) is 10.9. The van der Waals surface area contributed by atoms with E-state index in [2.05, 4.69) is 36.5 Å². The molecule has 0 saturated heterocycles. The van der Waals surface area contributed by atoms with Crippen molar-refractivity contribution in [3.63, 3.8) is 0 Å². The molecule has 1 aliphatic rings. The van der Waals surface area contributed by atoms with Crippen molar-refractivity contribution in [1.29, 1.82) is 0 Å². The van der Waals surface area contributed by atoms with Gasteiger partial charge in [0.1, 0.15) is 22.4 Å². The average Bonchev–Trinajstić information content (AvgIpc) is 2.89. The van der Waals surface area contributed by atoms with Crippen LogP contribution >= 0.6 is 15.9 Å². The molecule has 2 N–H and O–H groups in total. The number of anilines is 2. The van der Waals surface area contributed by atoms with Gasteiger partial charge in [0.05, 0.1) is 0 Å². The molecule has 1 aromatic rings. The maximum Gasteiger partial charge on any atom is 0.145 e. The van der Waals surface area contributed by atoms with Gasteiger partial charge in [0.25, 0.3) is 0 Å². The Balaban J connectivity index is 1.75. The third kappa shape index (κ3) is 3.57. The molecule has 0 amide bonds. The summed E-state index contributed by atoms with van der Waals surface area (Å²) in [6.45, 7) is 0.981. The Bertz CT molecular complexity index is 377. The summed E-state index contributed by atoms with van der Waals surface area (Å²) in [6.07, 6.45) is 9.87. The largest absolute Gasteiger partial charge is 0.372 e. The fourth-order valence-corrected chi connectivity index (χ4v) is 3.11. The van der Waals surface area contributed by atoms with Crippen LogP contribution in [0, 0.1) is 5.92 Å². The van der Waals surface area contributed by atoms with Crippen molar-refractivity contribution in [2.45, 2.75) is 38.5 Å². The third-order valence-electron chi connectivity index (χ3n) is 3.58. The molecule has 0 atom stereocenters. The lowest BCUT2D eigenvalue weighted by Gasteiger charge is -2.11. The molecule has 1 aliphatic carbocycles. The van der Waals surface area contributed by atoms with E-state index in [-0.39, 0.29) is 0 Å². The number of aromatic nitrogens is 2. The number of rotatable bonds is 6. The molecule has 18 heavy (non-hydrogen) atoms. The quantitative estimate of drug-likeness (QED) is 0.787. The number of hydrogen-bond acceptors (Lipinski definition) is 4. The maximum atomic E-state index is 4.25. The second-order valence-electron chi connectivity index (χ2n) is 4.85. The Labute approximate surface area is 117 Å². The van der Waals surface area contributed by atoms with Crippen molar-refractivity contribution in [2.75, 3.05) is 24.2 Å². The summed E-state index contributed by atoms with van der Waals surface area (Å²) in [6, 6.07) is 0. The molecule has 0 bridgehead atoms. The van der Waals surface area contributed by atoms with E-state index in [1.54, 1.807) is 6.33 Å². The third-order valence-corrected chi connectivity index (χ3v) is 4.33. The lowest BCUT2D eigenvalue weighted by Crippen LogP contribution is -2.07. The van der Waals surface area contributed by atoms with Crippen molar-refractivity contribution in [3.05, 3.63) is 10.8 Å². The highest BCUT2D eigenvalue weighted by atomic mass is 79.9.